The summed E-state index contributed by atoms with van der Waals surface area (Å²) in [6.07, 6.45) is 1.70. The van der Waals surface area contributed by atoms with E-state index in [1.165, 1.54) is 0 Å². The van der Waals surface area contributed by atoms with Crippen LogP contribution in [0.3, 0.4) is 0 Å². The molecule has 1 fully saturated rings. The van der Waals surface area contributed by atoms with Gasteiger partial charge >= 0.3 is 0 Å². The Morgan fingerprint density at radius 3 is 2.68 bits per heavy atom. The van der Waals surface area contributed by atoms with E-state index in [0.29, 0.717) is 24.0 Å². The first-order valence-electron chi connectivity index (χ1n) is 7.23. The minimum Gasteiger partial charge on any atom is -0.495 e. The molecule has 4 nitrogen and oxygen atoms in total. The minimum absolute atomic E-state index is 0. The van der Waals surface area contributed by atoms with Crippen molar-refractivity contribution < 1.29 is 14.3 Å². The fourth-order valence-electron chi connectivity index (χ4n) is 3.65. The molecule has 2 aliphatic rings. The van der Waals surface area contributed by atoms with Crippen LogP contribution in [0, 0.1) is 5.92 Å². The maximum absolute atomic E-state index is 12.6. The number of benzene rings is 1. The molecule has 6 heteroatoms. The fourth-order valence-corrected chi connectivity index (χ4v) is 4.29. The second-order valence-electron chi connectivity index (χ2n) is 5.94. The SMILES string of the molecule is COc1cc2c(c(OC)c1Br)C(=O)CC1CCN(C)CC21.Cl. The van der Waals surface area contributed by atoms with Gasteiger partial charge < -0.3 is 14.4 Å². The first-order chi connectivity index (χ1) is 10.1. The molecule has 1 aromatic rings. The van der Waals surface area contributed by atoms with E-state index in [-0.39, 0.29) is 18.2 Å². The first-order valence-corrected chi connectivity index (χ1v) is 8.02. The topological polar surface area (TPSA) is 38.8 Å². The lowest BCUT2D eigenvalue weighted by atomic mass is 9.71. The molecule has 0 spiro atoms. The number of nitrogens with zero attached hydrogens (tertiary/aromatic N) is 1. The molecule has 2 atom stereocenters. The number of fused-ring (bicyclic) bond motifs is 3. The molecule has 0 aromatic heterocycles. The van der Waals surface area contributed by atoms with Crippen LogP contribution in [-0.4, -0.2) is 45.0 Å². The number of rotatable bonds is 2. The highest BCUT2D eigenvalue weighted by atomic mass is 79.9. The van der Waals surface area contributed by atoms with Crippen molar-refractivity contribution in [3.05, 3.63) is 21.7 Å². The van der Waals surface area contributed by atoms with Crippen molar-refractivity contribution in [3.63, 3.8) is 0 Å². The maximum atomic E-state index is 12.6. The van der Waals surface area contributed by atoms with Crippen molar-refractivity contribution in [2.75, 3.05) is 34.4 Å². The summed E-state index contributed by atoms with van der Waals surface area (Å²) in [5, 5.41) is 0. The highest BCUT2D eigenvalue weighted by Crippen LogP contribution is 2.49. The second-order valence-corrected chi connectivity index (χ2v) is 6.73. The predicted molar refractivity (Wildman–Crippen MR) is 91.8 cm³/mol. The van der Waals surface area contributed by atoms with Gasteiger partial charge in [-0.25, -0.2) is 0 Å². The van der Waals surface area contributed by atoms with Crippen molar-refractivity contribution in [2.24, 2.45) is 5.92 Å². The van der Waals surface area contributed by atoms with E-state index in [1.807, 2.05) is 6.07 Å². The Balaban J connectivity index is 0.00000176. The lowest BCUT2D eigenvalue weighted by molar-refractivity contribution is 0.0882. The second kappa shape index (κ2) is 6.77. The van der Waals surface area contributed by atoms with Crippen LogP contribution in [0.2, 0.25) is 0 Å². The zero-order valence-corrected chi connectivity index (χ0v) is 15.4. The fraction of sp³-hybridized carbons (Fsp3) is 0.562. The number of piperidine rings is 1. The van der Waals surface area contributed by atoms with Gasteiger partial charge in [0.2, 0.25) is 0 Å². The molecule has 0 radical (unpaired) electrons. The zero-order valence-electron chi connectivity index (χ0n) is 13.0. The summed E-state index contributed by atoms with van der Waals surface area (Å²) in [4.78, 5) is 14.9. The highest BCUT2D eigenvalue weighted by Gasteiger charge is 2.40. The van der Waals surface area contributed by atoms with Crippen LogP contribution < -0.4 is 9.47 Å². The summed E-state index contributed by atoms with van der Waals surface area (Å²) < 4.78 is 11.7. The smallest absolute Gasteiger partial charge is 0.167 e. The number of halogens is 2. The van der Waals surface area contributed by atoms with Crippen molar-refractivity contribution >= 4 is 34.1 Å². The van der Waals surface area contributed by atoms with Crippen LogP contribution >= 0.6 is 28.3 Å². The Morgan fingerprint density at radius 1 is 1.32 bits per heavy atom. The van der Waals surface area contributed by atoms with Crippen molar-refractivity contribution in [3.8, 4) is 11.5 Å². The lowest BCUT2D eigenvalue weighted by Crippen LogP contribution is -2.40. The number of carbonyl (C=O) groups excluding carboxylic acids is 1. The number of likely N-dealkylation sites (N-methyl/N-ethyl adjacent to an activating group) is 1. The van der Waals surface area contributed by atoms with E-state index in [0.717, 1.165) is 40.9 Å². The minimum atomic E-state index is 0. The van der Waals surface area contributed by atoms with Gasteiger partial charge in [-0.2, -0.15) is 0 Å². The summed E-state index contributed by atoms with van der Waals surface area (Å²) in [5.74, 6) is 2.36. The van der Waals surface area contributed by atoms with Gasteiger partial charge in [0.1, 0.15) is 16.0 Å². The number of likely N-dealkylation sites (tertiary alicyclic amines) is 1. The van der Waals surface area contributed by atoms with Crippen LogP contribution in [0.1, 0.15) is 34.7 Å². The molecule has 0 N–H and O–H groups in total. The maximum Gasteiger partial charge on any atom is 0.167 e. The third-order valence-electron chi connectivity index (χ3n) is 4.73. The Bertz CT molecular complexity index is 593. The largest absolute Gasteiger partial charge is 0.495 e. The van der Waals surface area contributed by atoms with Gasteiger partial charge in [0.05, 0.1) is 19.8 Å². The number of carbonyl (C=O) groups is 1. The van der Waals surface area contributed by atoms with E-state index >= 15 is 0 Å². The monoisotopic (exact) mass is 389 g/mol. The number of hydrogen-bond acceptors (Lipinski definition) is 4. The Hall–Kier alpha value is -0.780. The Labute approximate surface area is 145 Å². The van der Waals surface area contributed by atoms with Gasteiger partial charge in [0.15, 0.2) is 5.78 Å². The van der Waals surface area contributed by atoms with Crippen molar-refractivity contribution in [2.45, 2.75) is 18.8 Å². The van der Waals surface area contributed by atoms with Crippen LogP contribution in [0.25, 0.3) is 0 Å². The molecule has 3 rings (SSSR count). The molecular formula is C16H21BrClNO3. The molecule has 1 aromatic carbocycles. The number of ether oxygens (including phenoxy) is 2. The number of ketones is 1. The standard InChI is InChI=1S/C16H20BrNO3.ClH/c1-18-5-4-9-6-12(19)14-10(11(9)8-18)7-13(20-2)15(17)16(14)21-3;/h7,9,11H,4-6,8H2,1-3H3;1H. The molecule has 1 aliphatic heterocycles. The van der Waals surface area contributed by atoms with Crippen LogP contribution in [0.5, 0.6) is 11.5 Å². The molecule has 122 valence electrons. The molecule has 1 saturated heterocycles. The molecule has 0 bridgehead atoms. The molecule has 1 aliphatic carbocycles. The van der Waals surface area contributed by atoms with E-state index in [9.17, 15) is 4.79 Å². The van der Waals surface area contributed by atoms with Crippen molar-refractivity contribution in [1.82, 2.24) is 4.90 Å². The van der Waals surface area contributed by atoms with Crippen molar-refractivity contribution in [1.29, 1.82) is 0 Å². The van der Waals surface area contributed by atoms with Gasteiger partial charge in [-0.1, -0.05) is 0 Å². The van der Waals surface area contributed by atoms with Crippen LogP contribution in [-0.2, 0) is 0 Å². The van der Waals surface area contributed by atoms with E-state index < -0.39 is 0 Å². The normalized spacial score (nSPS) is 24.1. The highest BCUT2D eigenvalue weighted by molar-refractivity contribution is 9.10. The predicted octanol–water partition coefficient (Wildman–Crippen LogP) is 3.51. The molecule has 1 heterocycles. The van der Waals surface area contributed by atoms with Crippen LogP contribution in [0.4, 0.5) is 0 Å². The van der Waals surface area contributed by atoms with Gasteiger partial charge in [-0.05, 0) is 53.5 Å². The van der Waals surface area contributed by atoms with E-state index in [2.05, 4.69) is 27.9 Å². The summed E-state index contributed by atoms with van der Waals surface area (Å²) in [6, 6.07) is 2.01. The summed E-state index contributed by atoms with van der Waals surface area (Å²) in [7, 11) is 5.38. The molecule has 0 saturated carbocycles. The number of methoxy groups -OCH3 is 2. The lowest BCUT2D eigenvalue weighted by Gasteiger charge is -2.41. The molecule has 22 heavy (non-hydrogen) atoms. The van der Waals surface area contributed by atoms with Gasteiger partial charge in [-0.3, -0.25) is 4.79 Å². The third kappa shape index (κ3) is 2.74. The third-order valence-corrected chi connectivity index (χ3v) is 5.48. The Kier molecular flexibility index (Phi) is 5.41. The zero-order chi connectivity index (χ0) is 15.1. The van der Waals surface area contributed by atoms with Gasteiger partial charge in [0, 0.05) is 18.9 Å². The quantitative estimate of drug-likeness (QED) is 0.774. The molecular weight excluding hydrogens is 370 g/mol. The average Bonchev–Trinajstić information content (AvgIpc) is 2.47. The summed E-state index contributed by atoms with van der Waals surface area (Å²) in [5.41, 5.74) is 1.82. The van der Waals surface area contributed by atoms with Crippen LogP contribution in [0.15, 0.2) is 10.5 Å². The molecule has 2 unspecified atom stereocenters. The van der Waals surface area contributed by atoms with E-state index in [4.69, 9.17) is 9.47 Å². The Morgan fingerprint density at radius 2 is 2.05 bits per heavy atom. The summed E-state index contributed by atoms with van der Waals surface area (Å²) in [6.45, 7) is 2.05. The van der Waals surface area contributed by atoms with Gasteiger partial charge in [-0.15, -0.1) is 12.4 Å². The average molecular weight is 391 g/mol. The summed E-state index contributed by atoms with van der Waals surface area (Å²) >= 11 is 3.50. The first kappa shape index (κ1) is 17.6. The number of hydrogen-bond donors (Lipinski definition) is 0. The van der Waals surface area contributed by atoms with Gasteiger partial charge in [0.25, 0.3) is 0 Å². The number of Topliss-reactive ketones (excluding diaryl/α,β-unsaturated/α-hetero) is 1. The molecule has 0 amide bonds. The van der Waals surface area contributed by atoms with E-state index in [1.54, 1.807) is 14.2 Å².